The van der Waals surface area contributed by atoms with Crippen molar-refractivity contribution in [3.05, 3.63) is 46.1 Å². The Labute approximate surface area is 120 Å². The van der Waals surface area contributed by atoms with Gasteiger partial charge in [0.2, 0.25) is 11.8 Å². The summed E-state index contributed by atoms with van der Waals surface area (Å²) in [5.41, 5.74) is 6.26. The summed E-state index contributed by atoms with van der Waals surface area (Å²) in [5, 5.41) is 11.0. The standard InChI is InChI=1S/C12H12ClN5O2/c1-2-9-10(18(19)20)11(14)16-12(15-9)17(13)8-6-4-3-5-7-8/h3-7H,2H2,1H3,(H2,14,15,16). The van der Waals surface area contributed by atoms with Crippen LogP contribution >= 0.6 is 11.8 Å². The molecule has 20 heavy (non-hydrogen) atoms. The molecule has 2 aromatic rings. The minimum Gasteiger partial charge on any atom is -0.378 e. The summed E-state index contributed by atoms with van der Waals surface area (Å²) in [6.07, 6.45) is 0.357. The highest BCUT2D eigenvalue weighted by Gasteiger charge is 2.23. The molecule has 0 aliphatic heterocycles. The quantitative estimate of drug-likeness (QED) is 0.529. The molecule has 0 unspecified atom stereocenters. The van der Waals surface area contributed by atoms with Crippen LogP contribution in [0.3, 0.4) is 0 Å². The van der Waals surface area contributed by atoms with Gasteiger partial charge < -0.3 is 5.73 Å². The van der Waals surface area contributed by atoms with Gasteiger partial charge >= 0.3 is 5.69 Å². The van der Waals surface area contributed by atoms with Crippen molar-refractivity contribution in [1.29, 1.82) is 0 Å². The number of aryl methyl sites for hydroxylation is 1. The molecule has 2 rings (SSSR count). The fraction of sp³-hybridized carbons (Fsp3) is 0.167. The minimum atomic E-state index is -0.584. The van der Waals surface area contributed by atoms with Gasteiger partial charge in [-0.15, -0.1) is 0 Å². The van der Waals surface area contributed by atoms with Gasteiger partial charge in [-0.2, -0.15) is 4.98 Å². The third kappa shape index (κ3) is 2.62. The van der Waals surface area contributed by atoms with Crippen LogP contribution in [0.15, 0.2) is 30.3 Å². The smallest absolute Gasteiger partial charge is 0.332 e. The number of rotatable bonds is 4. The molecule has 0 spiro atoms. The highest BCUT2D eigenvalue weighted by atomic mass is 35.5. The topological polar surface area (TPSA) is 98.2 Å². The van der Waals surface area contributed by atoms with Crippen molar-refractivity contribution in [2.24, 2.45) is 0 Å². The monoisotopic (exact) mass is 293 g/mol. The van der Waals surface area contributed by atoms with Crippen molar-refractivity contribution in [2.75, 3.05) is 10.2 Å². The van der Waals surface area contributed by atoms with Gasteiger partial charge in [0.05, 0.1) is 10.6 Å². The second-order valence-electron chi connectivity index (χ2n) is 3.93. The summed E-state index contributed by atoms with van der Waals surface area (Å²) in [6, 6.07) is 8.98. The van der Waals surface area contributed by atoms with Crippen molar-refractivity contribution in [3.8, 4) is 0 Å². The molecule has 0 fully saturated rings. The zero-order chi connectivity index (χ0) is 14.7. The zero-order valence-corrected chi connectivity index (χ0v) is 11.4. The summed E-state index contributed by atoms with van der Waals surface area (Å²) in [5.74, 6) is -0.0868. The molecule has 0 aliphatic carbocycles. The van der Waals surface area contributed by atoms with Crippen LogP contribution in [0, 0.1) is 10.1 Å². The number of para-hydroxylation sites is 1. The molecular weight excluding hydrogens is 282 g/mol. The molecule has 0 aliphatic rings. The molecule has 0 atom stereocenters. The summed E-state index contributed by atoms with van der Waals surface area (Å²) in [7, 11) is 0. The van der Waals surface area contributed by atoms with E-state index < -0.39 is 4.92 Å². The second kappa shape index (κ2) is 5.70. The molecule has 7 nitrogen and oxygen atoms in total. The third-order valence-corrected chi connectivity index (χ3v) is 2.99. The molecule has 0 saturated heterocycles. The van der Waals surface area contributed by atoms with E-state index in [0.29, 0.717) is 12.1 Å². The van der Waals surface area contributed by atoms with Crippen molar-refractivity contribution in [3.63, 3.8) is 0 Å². The van der Waals surface area contributed by atoms with Crippen molar-refractivity contribution < 1.29 is 4.92 Å². The van der Waals surface area contributed by atoms with Crippen molar-refractivity contribution >= 4 is 34.9 Å². The van der Waals surface area contributed by atoms with Crippen LogP contribution in [0.5, 0.6) is 0 Å². The lowest BCUT2D eigenvalue weighted by molar-refractivity contribution is -0.385. The number of benzene rings is 1. The van der Waals surface area contributed by atoms with Gasteiger partial charge in [0.15, 0.2) is 0 Å². The van der Waals surface area contributed by atoms with Crippen LogP contribution in [-0.2, 0) is 6.42 Å². The summed E-state index contributed by atoms with van der Waals surface area (Å²) in [4.78, 5) is 18.4. The predicted molar refractivity (Wildman–Crippen MR) is 76.9 cm³/mol. The Morgan fingerprint density at radius 3 is 2.55 bits per heavy atom. The lowest BCUT2D eigenvalue weighted by atomic mass is 10.2. The lowest BCUT2D eigenvalue weighted by Crippen LogP contribution is -2.12. The molecule has 0 bridgehead atoms. The first kappa shape index (κ1) is 14.0. The van der Waals surface area contributed by atoms with Gasteiger partial charge in [0, 0.05) is 11.8 Å². The maximum atomic E-state index is 11.0. The summed E-state index contributed by atoms with van der Waals surface area (Å²) < 4.78 is 1.21. The fourth-order valence-electron chi connectivity index (χ4n) is 1.71. The van der Waals surface area contributed by atoms with E-state index in [4.69, 9.17) is 17.5 Å². The number of nitrogens with zero attached hydrogens (tertiary/aromatic N) is 4. The lowest BCUT2D eigenvalue weighted by Gasteiger charge is -2.14. The van der Waals surface area contributed by atoms with Gasteiger partial charge in [-0.1, -0.05) is 25.1 Å². The Morgan fingerprint density at radius 2 is 2.00 bits per heavy atom. The SMILES string of the molecule is CCc1nc(N(Cl)c2ccccc2)nc(N)c1[N+](=O)[O-]. The predicted octanol–water partition coefficient (Wildman–Crippen LogP) is 2.82. The van der Waals surface area contributed by atoms with Crippen LogP contribution < -0.4 is 10.2 Å². The van der Waals surface area contributed by atoms with Crippen LogP contribution in [0.25, 0.3) is 0 Å². The minimum absolute atomic E-state index is 0.109. The highest BCUT2D eigenvalue weighted by molar-refractivity contribution is 6.28. The van der Waals surface area contributed by atoms with Gasteiger partial charge in [0.25, 0.3) is 0 Å². The Bertz CT molecular complexity index is 635. The number of aromatic nitrogens is 2. The Kier molecular flexibility index (Phi) is 3.99. The van der Waals surface area contributed by atoms with E-state index in [1.54, 1.807) is 31.2 Å². The largest absolute Gasteiger partial charge is 0.378 e. The first-order valence-corrected chi connectivity index (χ1v) is 6.20. The number of nitro groups is 1. The second-order valence-corrected chi connectivity index (χ2v) is 4.27. The first-order valence-electron chi connectivity index (χ1n) is 5.86. The van der Waals surface area contributed by atoms with Gasteiger partial charge in [-0.05, 0) is 18.6 Å². The first-order chi connectivity index (χ1) is 9.54. The summed E-state index contributed by atoms with van der Waals surface area (Å²) in [6.45, 7) is 1.75. The van der Waals surface area contributed by atoms with Crippen LogP contribution in [0.1, 0.15) is 12.6 Å². The highest BCUT2D eigenvalue weighted by Crippen LogP contribution is 2.30. The van der Waals surface area contributed by atoms with E-state index in [1.807, 2.05) is 6.07 Å². The van der Waals surface area contributed by atoms with E-state index in [2.05, 4.69) is 9.97 Å². The zero-order valence-electron chi connectivity index (χ0n) is 10.7. The Morgan fingerprint density at radius 1 is 1.35 bits per heavy atom. The number of hydrogen-bond donors (Lipinski definition) is 1. The Hall–Kier alpha value is -2.41. The number of anilines is 3. The van der Waals surface area contributed by atoms with Crippen molar-refractivity contribution in [1.82, 2.24) is 9.97 Å². The molecular formula is C12H12ClN5O2. The van der Waals surface area contributed by atoms with Gasteiger partial charge in [-0.3, -0.25) is 10.1 Å². The number of nitrogen functional groups attached to an aromatic ring is 1. The molecule has 0 amide bonds. The third-order valence-electron chi connectivity index (χ3n) is 2.65. The van der Waals surface area contributed by atoms with Gasteiger partial charge in [0.1, 0.15) is 5.69 Å². The van der Waals surface area contributed by atoms with Crippen molar-refractivity contribution in [2.45, 2.75) is 13.3 Å². The molecule has 1 aromatic heterocycles. The number of nitrogens with two attached hydrogens (primary N) is 1. The van der Waals surface area contributed by atoms with E-state index >= 15 is 0 Å². The molecule has 0 saturated carbocycles. The molecule has 1 aromatic carbocycles. The summed E-state index contributed by atoms with van der Waals surface area (Å²) >= 11 is 6.15. The molecule has 1 heterocycles. The maximum absolute atomic E-state index is 11.0. The van der Waals surface area contributed by atoms with E-state index in [-0.39, 0.29) is 23.1 Å². The van der Waals surface area contributed by atoms with E-state index in [9.17, 15) is 10.1 Å². The van der Waals surface area contributed by atoms with Crippen LogP contribution in [-0.4, -0.2) is 14.9 Å². The van der Waals surface area contributed by atoms with Crippen LogP contribution in [0.4, 0.5) is 23.1 Å². The normalized spacial score (nSPS) is 10.3. The fourth-order valence-corrected chi connectivity index (χ4v) is 1.90. The van der Waals surface area contributed by atoms with E-state index in [1.165, 1.54) is 4.42 Å². The number of hydrogen-bond acceptors (Lipinski definition) is 6. The maximum Gasteiger partial charge on any atom is 0.332 e. The number of halogens is 1. The molecule has 8 heteroatoms. The van der Waals surface area contributed by atoms with Crippen LogP contribution in [0.2, 0.25) is 0 Å². The molecule has 104 valence electrons. The molecule has 0 radical (unpaired) electrons. The average Bonchev–Trinajstić information content (AvgIpc) is 2.46. The van der Waals surface area contributed by atoms with E-state index in [0.717, 1.165) is 0 Å². The molecule has 2 N–H and O–H groups in total. The average molecular weight is 294 g/mol. The van der Waals surface area contributed by atoms with Gasteiger partial charge in [-0.25, -0.2) is 9.40 Å². The Balaban J connectivity index is 2.49.